The van der Waals surface area contributed by atoms with Crippen molar-refractivity contribution in [2.45, 2.75) is 18.8 Å². The van der Waals surface area contributed by atoms with Crippen molar-refractivity contribution in [2.24, 2.45) is 0 Å². The van der Waals surface area contributed by atoms with Crippen LogP contribution in [0.15, 0.2) is 36.9 Å². The summed E-state index contributed by atoms with van der Waals surface area (Å²) in [7, 11) is 0. The quantitative estimate of drug-likeness (QED) is 0.529. The molecular formula is C12H13FO. The minimum Gasteiger partial charge on any atom is -0.302 e. The highest BCUT2D eigenvalue weighted by atomic mass is 19.1. The molecule has 0 aliphatic rings. The average Bonchev–Trinajstić information content (AvgIpc) is 2.19. The van der Waals surface area contributed by atoms with Crippen molar-refractivity contribution in [3.8, 4) is 0 Å². The first-order valence-electron chi connectivity index (χ1n) is 4.45. The summed E-state index contributed by atoms with van der Waals surface area (Å²) >= 11 is 0. The van der Waals surface area contributed by atoms with Gasteiger partial charge in [0, 0.05) is 0 Å². The number of benzene rings is 1. The predicted octanol–water partition coefficient (Wildman–Crippen LogP) is 2.86. The maximum absolute atomic E-state index is 12.7. The van der Waals surface area contributed by atoms with Gasteiger partial charge in [0.15, 0.2) is 0 Å². The van der Waals surface area contributed by atoms with E-state index >= 15 is 0 Å². The van der Waals surface area contributed by atoms with Crippen LogP contribution in [0.4, 0.5) is 4.39 Å². The monoisotopic (exact) mass is 192 g/mol. The van der Waals surface area contributed by atoms with Crippen molar-refractivity contribution in [1.29, 1.82) is 0 Å². The van der Waals surface area contributed by atoms with Crippen molar-refractivity contribution >= 4 is 6.29 Å². The number of carbonyl (C=O) groups excluding carboxylic acids is 1. The summed E-state index contributed by atoms with van der Waals surface area (Å²) in [6.45, 7) is 5.42. The molecule has 1 atom stereocenters. The summed E-state index contributed by atoms with van der Waals surface area (Å²) in [4.78, 5) is 11.0. The first-order valence-corrected chi connectivity index (χ1v) is 4.45. The molecule has 2 heteroatoms. The number of carbonyl (C=O) groups is 1. The van der Waals surface area contributed by atoms with Gasteiger partial charge in [-0.2, -0.15) is 0 Å². The van der Waals surface area contributed by atoms with E-state index in [1.165, 1.54) is 12.1 Å². The molecule has 1 rings (SSSR count). The van der Waals surface area contributed by atoms with Crippen LogP contribution in [0.1, 0.15) is 18.9 Å². The van der Waals surface area contributed by atoms with E-state index in [1.54, 1.807) is 18.2 Å². The molecule has 0 spiro atoms. The molecule has 0 aromatic heterocycles. The van der Waals surface area contributed by atoms with Crippen molar-refractivity contribution in [1.82, 2.24) is 0 Å². The smallest absolute Gasteiger partial charge is 0.130 e. The molecule has 0 saturated carbocycles. The maximum atomic E-state index is 12.7. The topological polar surface area (TPSA) is 17.1 Å². The minimum atomic E-state index is -0.588. The summed E-state index contributed by atoms with van der Waals surface area (Å²) in [5.74, 6) is -0.291. The van der Waals surface area contributed by atoms with E-state index < -0.39 is 5.41 Å². The van der Waals surface area contributed by atoms with Crippen LogP contribution in [-0.4, -0.2) is 6.29 Å². The Bertz CT molecular complexity index is 329. The largest absolute Gasteiger partial charge is 0.302 e. The Labute approximate surface area is 83.3 Å². The lowest BCUT2D eigenvalue weighted by Crippen LogP contribution is -2.22. The highest BCUT2D eigenvalue weighted by Gasteiger charge is 2.24. The van der Waals surface area contributed by atoms with Crippen molar-refractivity contribution < 1.29 is 9.18 Å². The molecule has 1 aromatic carbocycles. The average molecular weight is 192 g/mol. The van der Waals surface area contributed by atoms with Gasteiger partial charge in [0.1, 0.15) is 12.1 Å². The molecule has 74 valence electrons. The summed E-state index contributed by atoms with van der Waals surface area (Å²) in [6, 6.07) is 5.99. The second-order valence-corrected chi connectivity index (χ2v) is 3.54. The van der Waals surface area contributed by atoms with Crippen LogP contribution >= 0.6 is 0 Å². The summed E-state index contributed by atoms with van der Waals surface area (Å²) in [5.41, 5.74) is 0.226. The molecule has 0 amide bonds. The van der Waals surface area contributed by atoms with Gasteiger partial charge in [-0.3, -0.25) is 0 Å². The molecule has 0 N–H and O–H groups in total. The molecule has 0 heterocycles. The fourth-order valence-corrected chi connectivity index (χ4v) is 1.36. The molecule has 0 aliphatic heterocycles. The lowest BCUT2D eigenvalue weighted by molar-refractivity contribution is -0.112. The first-order chi connectivity index (χ1) is 6.62. The Kier molecular flexibility index (Phi) is 3.18. The molecule has 1 nitrogen and oxygen atoms in total. The van der Waals surface area contributed by atoms with Crippen molar-refractivity contribution in [3.63, 3.8) is 0 Å². The maximum Gasteiger partial charge on any atom is 0.130 e. The van der Waals surface area contributed by atoms with E-state index in [0.29, 0.717) is 6.42 Å². The van der Waals surface area contributed by atoms with E-state index in [1.807, 2.05) is 6.92 Å². The van der Waals surface area contributed by atoms with Gasteiger partial charge in [-0.1, -0.05) is 18.2 Å². The molecule has 0 unspecified atom stereocenters. The highest BCUT2D eigenvalue weighted by Crippen LogP contribution is 2.25. The predicted molar refractivity (Wildman–Crippen MR) is 54.6 cm³/mol. The van der Waals surface area contributed by atoms with Crippen LogP contribution in [0, 0.1) is 5.82 Å². The van der Waals surface area contributed by atoms with E-state index in [4.69, 9.17) is 0 Å². The summed E-state index contributed by atoms with van der Waals surface area (Å²) < 4.78 is 12.7. The second kappa shape index (κ2) is 4.18. The molecule has 0 radical (unpaired) electrons. The SMILES string of the molecule is C=CC[C@](C)(C=O)c1ccc(F)cc1. The molecule has 0 aliphatic carbocycles. The number of aldehydes is 1. The normalized spacial score (nSPS) is 14.4. The lowest BCUT2D eigenvalue weighted by Gasteiger charge is -2.21. The van der Waals surface area contributed by atoms with Crippen LogP contribution in [-0.2, 0) is 10.2 Å². The van der Waals surface area contributed by atoms with Crippen LogP contribution in [0.25, 0.3) is 0 Å². The fourth-order valence-electron chi connectivity index (χ4n) is 1.36. The molecule has 14 heavy (non-hydrogen) atoms. The summed E-state index contributed by atoms with van der Waals surface area (Å²) in [6.07, 6.45) is 3.13. The van der Waals surface area contributed by atoms with Gasteiger partial charge in [-0.25, -0.2) is 4.39 Å². The Hall–Kier alpha value is -1.44. The Balaban J connectivity index is 3.05. The summed E-state index contributed by atoms with van der Waals surface area (Å²) in [5, 5.41) is 0. The number of hydrogen-bond donors (Lipinski definition) is 0. The van der Waals surface area contributed by atoms with Crippen LogP contribution in [0.3, 0.4) is 0 Å². The van der Waals surface area contributed by atoms with Gasteiger partial charge in [-0.15, -0.1) is 6.58 Å². The number of halogens is 1. The van der Waals surface area contributed by atoms with Crippen molar-refractivity contribution in [2.75, 3.05) is 0 Å². The van der Waals surface area contributed by atoms with Gasteiger partial charge in [0.05, 0.1) is 5.41 Å². The molecule has 1 aromatic rings. The van der Waals surface area contributed by atoms with E-state index in [-0.39, 0.29) is 5.82 Å². The zero-order valence-electron chi connectivity index (χ0n) is 8.16. The highest BCUT2D eigenvalue weighted by molar-refractivity contribution is 5.68. The lowest BCUT2D eigenvalue weighted by atomic mass is 9.81. The zero-order chi connectivity index (χ0) is 10.6. The standard InChI is InChI=1S/C12H13FO/c1-3-8-12(2,9-14)10-4-6-11(13)7-5-10/h3-7,9H,1,8H2,2H3/t12-/m1/s1. The molecule has 0 fully saturated rings. The fraction of sp³-hybridized carbons (Fsp3) is 0.250. The Morgan fingerprint density at radius 1 is 1.43 bits per heavy atom. The minimum absolute atomic E-state index is 0.291. The first kappa shape index (κ1) is 10.6. The Morgan fingerprint density at radius 2 is 2.00 bits per heavy atom. The van der Waals surface area contributed by atoms with Crippen LogP contribution in [0.5, 0.6) is 0 Å². The van der Waals surface area contributed by atoms with Gasteiger partial charge in [0.25, 0.3) is 0 Å². The van der Waals surface area contributed by atoms with Gasteiger partial charge < -0.3 is 4.79 Å². The third-order valence-corrected chi connectivity index (χ3v) is 2.33. The van der Waals surface area contributed by atoms with E-state index in [9.17, 15) is 9.18 Å². The van der Waals surface area contributed by atoms with E-state index in [0.717, 1.165) is 11.8 Å². The van der Waals surface area contributed by atoms with Gasteiger partial charge in [0.2, 0.25) is 0 Å². The number of allylic oxidation sites excluding steroid dienone is 1. The second-order valence-electron chi connectivity index (χ2n) is 3.54. The molecule has 0 bridgehead atoms. The Morgan fingerprint density at radius 3 is 2.43 bits per heavy atom. The van der Waals surface area contributed by atoms with Crippen LogP contribution < -0.4 is 0 Å². The molecule has 0 saturated heterocycles. The van der Waals surface area contributed by atoms with Gasteiger partial charge in [-0.05, 0) is 31.0 Å². The van der Waals surface area contributed by atoms with Crippen LogP contribution in [0.2, 0.25) is 0 Å². The van der Waals surface area contributed by atoms with Crippen molar-refractivity contribution in [3.05, 3.63) is 48.3 Å². The number of hydrogen-bond acceptors (Lipinski definition) is 1. The van der Waals surface area contributed by atoms with Gasteiger partial charge >= 0.3 is 0 Å². The molecular weight excluding hydrogens is 179 g/mol. The van der Waals surface area contributed by atoms with E-state index in [2.05, 4.69) is 6.58 Å². The third kappa shape index (κ3) is 2.08. The zero-order valence-corrected chi connectivity index (χ0v) is 8.16. The number of rotatable bonds is 4. The third-order valence-electron chi connectivity index (χ3n) is 2.33.